The number of rotatable bonds is 9. The third-order valence-electron chi connectivity index (χ3n) is 7.22. The van der Waals surface area contributed by atoms with E-state index >= 15 is 0 Å². The molecule has 0 aromatic heterocycles. The molecule has 1 heterocycles. The quantitative estimate of drug-likeness (QED) is 0.221. The molecule has 1 aliphatic rings. The zero-order valence-corrected chi connectivity index (χ0v) is 23.8. The molecule has 0 spiro atoms. The number of piperazine rings is 1. The molecule has 0 unspecified atom stereocenters. The molecular weight excluding hydrogens is 556 g/mol. The van der Waals surface area contributed by atoms with Gasteiger partial charge in [-0.25, -0.2) is 13.1 Å². The molecule has 1 N–H and O–H groups in total. The van der Waals surface area contributed by atoms with Gasteiger partial charge in [0.2, 0.25) is 0 Å². The summed E-state index contributed by atoms with van der Waals surface area (Å²) in [6, 6.07) is 27.7. The SMILES string of the molecule is COc1cccc(-c2ccccc2CN2CCN(c3ccc(C(=O)NS(=O)(=O)c4cccc([N+](=O)[O-])c4)cc3)CC2)c1. The van der Waals surface area contributed by atoms with Crippen LogP contribution < -0.4 is 14.4 Å². The number of sulfonamides is 1. The molecule has 11 heteroatoms. The Bertz CT molecular complexity index is 1700. The average molecular weight is 587 g/mol. The van der Waals surface area contributed by atoms with Gasteiger partial charge >= 0.3 is 0 Å². The van der Waals surface area contributed by atoms with Gasteiger partial charge in [-0.3, -0.25) is 19.8 Å². The number of carbonyl (C=O) groups excluding carboxylic acids is 1. The highest BCUT2D eigenvalue weighted by atomic mass is 32.2. The van der Waals surface area contributed by atoms with E-state index in [0.29, 0.717) is 0 Å². The van der Waals surface area contributed by atoms with Crippen LogP contribution in [-0.4, -0.2) is 57.4 Å². The van der Waals surface area contributed by atoms with Crippen LogP contribution in [0.15, 0.2) is 102 Å². The van der Waals surface area contributed by atoms with Crippen molar-refractivity contribution < 1.29 is 22.9 Å². The summed E-state index contributed by atoms with van der Waals surface area (Å²) in [7, 11) is -2.61. The van der Waals surface area contributed by atoms with E-state index in [1.807, 2.05) is 29.0 Å². The predicted octanol–water partition coefficient (Wildman–Crippen LogP) is 4.71. The molecule has 0 bridgehead atoms. The van der Waals surface area contributed by atoms with E-state index in [1.54, 1.807) is 31.4 Å². The number of nitrogens with zero attached hydrogens (tertiary/aromatic N) is 3. The number of nitro groups is 1. The van der Waals surface area contributed by atoms with Crippen LogP contribution in [0.1, 0.15) is 15.9 Å². The first-order valence-corrected chi connectivity index (χ1v) is 14.8. The van der Waals surface area contributed by atoms with Crippen LogP contribution in [0.2, 0.25) is 0 Å². The number of ether oxygens (including phenoxy) is 1. The fraction of sp³-hybridized carbons (Fsp3) is 0.194. The number of amides is 1. The number of hydrogen-bond acceptors (Lipinski definition) is 8. The van der Waals surface area contributed by atoms with E-state index in [0.717, 1.165) is 55.8 Å². The van der Waals surface area contributed by atoms with Gasteiger partial charge in [0.05, 0.1) is 16.9 Å². The summed E-state index contributed by atoms with van der Waals surface area (Å²) in [5.41, 5.74) is 4.27. The predicted molar refractivity (Wildman–Crippen MR) is 160 cm³/mol. The first-order chi connectivity index (χ1) is 20.2. The van der Waals surface area contributed by atoms with Gasteiger partial charge in [0.15, 0.2) is 0 Å². The molecule has 0 aliphatic carbocycles. The number of hydrogen-bond donors (Lipinski definition) is 1. The zero-order chi connectivity index (χ0) is 29.7. The Balaban J connectivity index is 1.19. The molecule has 5 rings (SSSR count). The smallest absolute Gasteiger partial charge is 0.270 e. The van der Waals surface area contributed by atoms with Crippen LogP contribution in [0, 0.1) is 10.1 Å². The Kier molecular flexibility index (Phi) is 8.51. The second-order valence-corrected chi connectivity index (χ2v) is 11.6. The maximum atomic E-state index is 12.7. The Hall–Kier alpha value is -4.74. The van der Waals surface area contributed by atoms with Crippen molar-refractivity contribution in [3.05, 3.63) is 118 Å². The molecule has 0 atom stereocenters. The molecular formula is C31H30N4O6S. The first kappa shape index (κ1) is 28.8. The first-order valence-electron chi connectivity index (χ1n) is 13.3. The van der Waals surface area contributed by atoms with Crippen molar-refractivity contribution in [3.8, 4) is 16.9 Å². The van der Waals surface area contributed by atoms with Crippen molar-refractivity contribution >= 4 is 27.3 Å². The molecule has 10 nitrogen and oxygen atoms in total. The second kappa shape index (κ2) is 12.4. The molecule has 1 amide bonds. The largest absolute Gasteiger partial charge is 0.497 e. The summed E-state index contributed by atoms with van der Waals surface area (Å²) in [5.74, 6) is 0.0103. The van der Waals surface area contributed by atoms with Crippen molar-refractivity contribution in [2.75, 3.05) is 38.2 Å². The fourth-order valence-electron chi connectivity index (χ4n) is 4.96. The van der Waals surface area contributed by atoms with Crippen LogP contribution in [0.3, 0.4) is 0 Å². The highest BCUT2D eigenvalue weighted by Gasteiger charge is 2.22. The van der Waals surface area contributed by atoms with Gasteiger partial charge in [0.1, 0.15) is 5.75 Å². The summed E-state index contributed by atoms with van der Waals surface area (Å²) in [5, 5.41) is 11.0. The molecule has 1 aliphatic heterocycles. The van der Waals surface area contributed by atoms with Crippen LogP contribution in [-0.2, 0) is 16.6 Å². The van der Waals surface area contributed by atoms with Crippen molar-refractivity contribution in [3.63, 3.8) is 0 Å². The van der Waals surface area contributed by atoms with E-state index < -0.39 is 20.9 Å². The third kappa shape index (κ3) is 6.59. The maximum Gasteiger partial charge on any atom is 0.270 e. The average Bonchev–Trinajstić information content (AvgIpc) is 3.01. The second-order valence-electron chi connectivity index (χ2n) is 9.89. The third-order valence-corrected chi connectivity index (χ3v) is 8.55. The van der Waals surface area contributed by atoms with E-state index in [9.17, 15) is 23.3 Å². The number of carbonyl (C=O) groups is 1. The van der Waals surface area contributed by atoms with Crippen LogP contribution in [0.5, 0.6) is 5.75 Å². The lowest BCUT2D eigenvalue weighted by Gasteiger charge is -2.36. The standard InChI is InChI=1S/C31H30N4O6S/c1-41-28-9-4-7-24(20-28)30-11-3-2-6-25(30)22-33-16-18-34(19-17-33)26-14-12-23(13-15-26)31(36)32-42(39,40)29-10-5-8-27(21-29)35(37)38/h2-15,20-21H,16-19,22H2,1H3,(H,32,36). The molecule has 0 saturated carbocycles. The Morgan fingerprint density at radius 3 is 2.33 bits per heavy atom. The van der Waals surface area contributed by atoms with Gasteiger partial charge < -0.3 is 9.64 Å². The number of benzene rings is 4. The summed E-state index contributed by atoms with van der Waals surface area (Å²) >= 11 is 0. The lowest BCUT2D eigenvalue weighted by molar-refractivity contribution is -0.385. The summed E-state index contributed by atoms with van der Waals surface area (Å²) < 4.78 is 32.6. The summed E-state index contributed by atoms with van der Waals surface area (Å²) in [6.07, 6.45) is 0. The Morgan fingerprint density at radius 2 is 1.62 bits per heavy atom. The molecule has 216 valence electrons. The molecule has 4 aromatic carbocycles. The van der Waals surface area contributed by atoms with Gasteiger partial charge in [-0.2, -0.15) is 0 Å². The fourth-order valence-corrected chi connectivity index (χ4v) is 5.98. The number of nitro benzene ring substituents is 1. The summed E-state index contributed by atoms with van der Waals surface area (Å²) in [4.78, 5) is 27.2. The van der Waals surface area contributed by atoms with E-state index in [4.69, 9.17) is 4.74 Å². The number of anilines is 1. The molecule has 0 radical (unpaired) electrons. The van der Waals surface area contributed by atoms with E-state index in [-0.39, 0.29) is 16.1 Å². The van der Waals surface area contributed by atoms with E-state index in [1.165, 1.54) is 29.3 Å². The van der Waals surface area contributed by atoms with Gasteiger partial charge in [-0.1, -0.05) is 42.5 Å². The van der Waals surface area contributed by atoms with Gasteiger partial charge in [0.25, 0.3) is 21.6 Å². The Labute approximate surface area is 244 Å². The van der Waals surface area contributed by atoms with Crippen molar-refractivity contribution in [2.24, 2.45) is 0 Å². The number of methoxy groups -OCH3 is 1. The normalized spacial score (nSPS) is 13.9. The number of nitrogens with one attached hydrogen (secondary N) is 1. The summed E-state index contributed by atoms with van der Waals surface area (Å²) in [6.45, 7) is 4.13. The Morgan fingerprint density at radius 1 is 0.905 bits per heavy atom. The molecule has 42 heavy (non-hydrogen) atoms. The van der Waals surface area contributed by atoms with Gasteiger partial charge in [0, 0.05) is 56.1 Å². The topological polar surface area (TPSA) is 122 Å². The minimum absolute atomic E-state index is 0.167. The molecule has 1 fully saturated rings. The van der Waals surface area contributed by atoms with Crippen LogP contribution in [0.4, 0.5) is 11.4 Å². The van der Waals surface area contributed by atoms with Crippen LogP contribution >= 0.6 is 0 Å². The zero-order valence-electron chi connectivity index (χ0n) is 23.0. The van der Waals surface area contributed by atoms with Crippen molar-refractivity contribution in [2.45, 2.75) is 11.4 Å². The van der Waals surface area contributed by atoms with Crippen LogP contribution in [0.25, 0.3) is 11.1 Å². The van der Waals surface area contributed by atoms with E-state index in [2.05, 4.69) is 34.1 Å². The molecule has 1 saturated heterocycles. The number of non-ortho nitro benzene ring substituents is 1. The lowest BCUT2D eigenvalue weighted by Crippen LogP contribution is -2.46. The minimum atomic E-state index is -4.28. The van der Waals surface area contributed by atoms with Gasteiger partial charge in [-0.15, -0.1) is 0 Å². The molecule has 4 aromatic rings. The highest BCUT2D eigenvalue weighted by molar-refractivity contribution is 7.90. The highest BCUT2D eigenvalue weighted by Crippen LogP contribution is 2.28. The minimum Gasteiger partial charge on any atom is -0.497 e. The van der Waals surface area contributed by atoms with Crippen molar-refractivity contribution in [1.29, 1.82) is 0 Å². The monoisotopic (exact) mass is 586 g/mol. The van der Waals surface area contributed by atoms with Crippen molar-refractivity contribution in [1.82, 2.24) is 9.62 Å². The lowest BCUT2D eigenvalue weighted by atomic mass is 9.99. The maximum absolute atomic E-state index is 12.7. The van der Waals surface area contributed by atoms with Gasteiger partial charge in [-0.05, 0) is 59.2 Å².